The van der Waals surface area contributed by atoms with Gasteiger partial charge in [-0.15, -0.1) is 0 Å². The number of carbonyl (C=O) groups is 1. The van der Waals surface area contributed by atoms with Crippen LogP contribution in [0.3, 0.4) is 0 Å². The van der Waals surface area contributed by atoms with Crippen LogP contribution in [0.1, 0.15) is 41.6 Å². The second-order valence-electron chi connectivity index (χ2n) is 4.87. The van der Waals surface area contributed by atoms with Crippen molar-refractivity contribution in [3.8, 4) is 0 Å². The molecule has 0 bridgehead atoms. The lowest BCUT2D eigenvalue weighted by Crippen LogP contribution is -2.27. The molecule has 0 radical (unpaired) electrons. The first-order chi connectivity index (χ1) is 9.49. The average Bonchev–Trinajstić information content (AvgIpc) is 2.91. The fourth-order valence-corrected chi connectivity index (χ4v) is 2.55. The first kappa shape index (κ1) is 14.9. The number of hydrogen-bond acceptors (Lipinski definition) is 4. The number of thiophene rings is 1. The van der Waals surface area contributed by atoms with Crippen LogP contribution in [0, 0.1) is 0 Å². The van der Waals surface area contributed by atoms with Crippen molar-refractivity contribution in [2.45, 2.75) is 26.3 Å². The molecule has 2 aromatic heterocycles. The Labute approximate surface area is 127 Å². The Hall–Kier alpha value is -1.46. The van der Waals surface area contributed by atoms with Crippen molar-refractivity contribution in [2.24, 2.45) is 0 Å². The van der Waals surface area contributed by atoms with E-state index in [0.29, 0.717) is 12.4 Å². The number of halogens is 1. The summed E-state index contributed by atoms with van der Waals surface area (Å²) in [7, 11) is 1.74. The third-order valence-corrected chi connectivity index (χ3v) is 3.84. The van der Waals surface area contributed by atoms with Gasteiger partial charge in [0.25, 0.3) is 5.91 Å². The highest BCUT2D eigenvalue weighted by atomic mass is 35.5. The lowest BCUT2D eigenvalue weighted by Gasteiger charge is -2.17. The maximum Gasteiger partial charge on any atom is 0.274 e. The molecule has 0 N–H and O–H groups in total. The molecule has 2 rings (SSSR count). The summed E-state index contributed by atoms with van der Waals surface area (Å²) in [4.78, 5) is 22.5. The smallest absolute Gasteiger partial charge is 0.274 e. The van der Waals surface area contributed by atoms with Crippen LogP contribution < -0.4 is 0 Å². The molecule has 20 heavy (non-hydrogen) atoms. The molecule has 0 aliphatic carbocycles. The first-order valence-electron chi connectivity index (χ1n) is 6.28. The van der Waals surface area contributed by atoms with Gasteiger partial charge in [0.05, 0.1) is 11.2 Å². The normalized spacial score (nSPS) is 10.8. The maximum absolute atomic E-state index is 12.4. The molecule has 0 saturated heterocycles. The zero-order valence-electron chi connectivity index (χ0n) is 11.6. The Balaban J connectivity index is 2.21. The number of rotatable bonds is 4. The van der Waals surface area contributed by atoms with Gasteiger partial charge < -0.3 is 4.90 Å². The van der Waals surface area contributed by atoms with Crippen molar-refractivity contribution in [1.29, 1.82) is 0 Å². The van der Waals surface area contributed by atoms with Gasteiger partial charge in [-0.05, 0) is 22.4 Å². The largest absolute Gasteiger partial charge is 0.336 e. The van der Waals surface area contributed by atoms with Gasteiger partial charge in [-0.25, -0.2) is 9.97 Å². The van der Waals surface area contributed by atoms with Crippen molar-refractivity contribution in [2.75, 3.05) is 7.05 Å². The van der Waals surface area contributed by atoms with Crippen LogP contribution in [0.25, 0.3) is 0 Å². The highest BCUT2D eigenvalue weighted by Crippen LogP contribution is 2.18. The van der Waals surface area contributed by atoms with Gasteiger partial charge >= 0.3 is 0 Å². The molecule has 0 atom stereocenters. The molecule has 0 fully saturated rings. The van der Waals surface area contributed by atoms with E-state index in [1.807, 2.05) is 30.7 Å². The van der Waals surface area contributed by atoms with Crippen molar-refractivity contribution in [1.82, 2.24) is 14.9 Å². The molecule has 4 nitrogen and oxygen atoms in total. The standard InChI is InChI=1S/C14H16ClN3OS/c1-9(2)13-16-6-11(15)12(17-13)14(19)18(3)7-10-4-5-20-8-10/h4-6,8-9H,7H2,1-3H3. The summed E-state index contributed by atoms with van der Waals surface area (Å²) in [5.74, 6) is 0.591. The van der Waals surface area contributed by atoms with Gasteiger partial charge in [0.15, 0.2) is 5.69 Å². The molecule has 0 aliphatic heterocycles. The molecular formula is C14H16ClN3OS. The molecule has 0 unspecified atom stereocenters. The van der Waals surface area contributed by atoms with Gasteiger partial charge in [-0.2, -0.15) is 11.3 Å². The second kappa shape index (κ2) is 6.33. The zero-order chi connectivity index (χ0) is 14.7. The van der Waals surface area contributed by atoms with Gasteiger partial charge in [-0.1, -0.05) is 25.4 Å². The summed E-state index contributed by atoms with van der Waals surface area (Å²) >= 11 is 7.66. The molecule has 0 saturated carbocycles. The number of nitrogens with zero attached hydrogens (tertiary/aromatic N) is 3. The molecule has 1 amide bonds. The van der Waals surface area contributed by atoms with E-state index in [1.165, 1.54) is 6.20 Å². The number of amides is 1. The fourth-order valence-electron chi connectivity index (χ4n) is 1.72. The number of aromatic nitrogens is 2. The highest BCUT2D eigenvalue weighted by Gasteiger charge is 2.19. The van der Waals surface area contributed by atoms with Crippen LogP contribution in [0.15, 0.2) is 23.0 Å². The Morgan fingerprint density at radius 2 is 2.25 bits per heavy atom. The lowest BCUT2D eigenvalue weighted by atomic mass is 10.2. The van der Waals surface area contributed by atoms with E-state index in [0.717, 1.165) is 5.56 Å². The van der Waals surface area contributed by atoms with Crippen LogP contribution in [0.4, 0.5) is 0 Å². The van der Waals surface area contributed by atoms with E-state index in [4.69, 9.17) is 11.6 Å². The van der Waals surface area contributed by atoms with Crippen molar-refractivity contribution < 1.29 is 4.79 Å². The van der Waals surface area contributed by atoms with Crippen LogP contribution in [-0.2, 0) is 6.54 Å². The topological polar surface area (TPSA) is 46.1 Å². The minimum atomic E-state index is -0.189. The van der Waals surface area contributed by atoms with E-state index in [9.17, 15) is 4.79 Å². The molecule has 0 aromatic carbocycles. The summed E-state index contributed by atoms with van der Waals surface area (Å²) in [6.45, 7) is 4.50. The van der Waals surface area contributed by atoms with Crippen LogP contribution in [0.2, 0.25) is 5.02 Å². The van der Waals surface area contributed by atoms with Crippen molar-refractivity contribution >= 4 is 28.8 Å². The number of hydrogen-bond donors (Lipinski definition) is 0. The quantitative estimate of drug-likeness (QED) is 0.867. The van der Waals surface area contributed by atoms with Crippen LogP contribution in [0.5, 0.6) is 0 Å². The van der Waals surface area contributed by atoms with E-state index in [1.54, 1.807) is 23.3 Å². The molecule has 106 valence electrons. The monoisotopic (exact) mass is 309 g/mol. The molecule has 2 aromatic rings. The second-order valence-corrected chi connectivity index (χ2v) is 6.06. The average molecular weight is 310 g/mol. The Morgan fingerprint density at radius 1 is 1.50 bits per heavy atom. The van der Waals surface area contributed by atoms with E-state index >= 15 is 0 Å². The molecular weight excluding hydrogens is 294 g/mol. The van der Waals surface area contributed by atoms with Gasteiger partial charge in [0, 0.05) is 19.5 Å². The van der Waals surface area contributed by atoms with Crippen LogP contribution in [-0.4, -0.2) is 27.8 Å². The Kier molecular flexibility index (Phi) is 4.73. The maximum atomic E-state index is 12.4. The zero-order valence-corrected chi connectivity index (χ0v) is 13.2. The van der Waals surface area contributed by atoms with Gasteiger partial charge in [0.1, 0.15) is 5.82 Å². The fraction of sp³-hybridized carbons (Fsp3) is 0.357. The lowest BCUT2D eigenvalue weighted by molar-refractivity contribution is 0.0779. The summed E-state index contributed by atoms with van der Waals surface area (Å²) in [5, 5.41) is 4.30. The molecule has 0 spiro atoms. The Morgan fingerprint density at radius 3 is 2.85 bits per heavy atom. The summed E-state index contributed by atoms with van der Waals surface area (Å²) < 4.78 is 0. The third kappa shape index (κ3) is 3.35. The van der Waals surface area contributed by atoms with E-state index in [-0.39, 0.29) is 22.5 Å². The number of carbonyl (C=O) groups excluding carboxylic acids is 1. The van der Waals surface area contributed by atoms with Gasteiger partial charge in [-0.3, -0.25) is 4.79 Å². The minimum Gasteiger partial charge on any atom is -0.336 e. The molecule has 0 aliphatic rings. The minimum absolute atomic E-state index is 0.154. The predicted octanol–water partition coefficient (Wildman–Crippen LogP) is 3.59. The summed E-state index contributed by atoms with van der Waals surface area (Å²) in [6, 6.07) is 2.00. The van der Waals surface area contributed by atoms with Crippen molar-refractivity contribution in [3.63, 3.8) is 0 Å². The SMILES string of the molecule is CC(C)c1ncc(Cl)c(C(=O)N(C)Cc2ccsc2)n1. The summed E-state index contributed by atoms with van der Waals surface area (Å²) in [6.07, 6.45) is 1.50. The third-order valence-electron chi connectivity index (χ3n) is 2.83. The van der Waals surface area contributed by atoms with Crippen molar-refractivity contribution in [3.05, 3.63) is 45.1 Å². The van der Waals surface area contributed by atoms with E-state index < -0.39 is 0 Å². The summed E-state index contributed by atoms with van der Waals surface area (Å²) in [5.41, 5.74) is 1.36. The Bertz CT molecular complexity index is 598. The first-order valence-corrected chi connectivity index (χ1v) is 7.60. The van der Waals surface area contributed by atoms with Gasteiger partial charge in [0.2, 0.25) is 0 Å². The van der Waals surface area contributed by atoms with E-state index in [2.05, 4.69) is 9.97 Å². The van der Waals surface area contributed by atoms with Crippen LogP contribution >= 0.6 is 22.9 Å². The molecule has 6 heteroatoms. The molecule has 2 heterocycles. The predicted molar refractivity (Wildman–Crippen MR) is 81.2 cm³/mol. The highest BCUT2D eigenvalue weighted by molar-refractivity contribution is 7.07.